The fourth-order valence-electron chi connectivity index (χ4n) is 12.2. The lowest BCUT2D eigenvalue weighted by molar-refractivity contribution is -0.866. The first kappa shape index (κ1) is 34.4. The molecule has 2 aliphatic carbocycles. The van der Waals surface area contributed by atoms with Crippen LogP contribution in [-0.4, -0.2) is 20.2 Å². The minimum absolute atomic E-state index is 0.0711. The Labute approximate surface area is 369 Å². The molecule has 4 unspecified atom stereocenters. The first-order valence-electron chi connectivity index (χ1n) is 22.2. The molecule has 4 heteroatoms. The molecule has 0 saturated carbocycles. The lowest BCUT2D eigenvalue weighted by Crippen LogP contribution is -3.00. The summed E-state index contributed by atoms with van der Waals surface area (Å²) in [6.07, 6.45) is 9.42. The van der Waals surface area contributed by atoms with Gasteiger partial charge in [-0.3, -0.25) is 0 Å². The fraction of sp³-hybridized carbons (Fsp3) is 0.0678. The predicted molar refractivity (Wildman–Crippen MR) is 259 cm³/mol. The number of para-hydroxylation sites is 2. The van der Waals surface area contributed by atoms with Crippen LogP contribution in [0, 0.1) is 0 Å². The zero-order valence-electron chi connectivity index (χ0n) is 34.2. The van der Waals surface area contributed by atoms with E-state index in [0.717, 1.165) is 0 Å². The number of aromatic nitrogens is 1. The summed E-state index contributed by atoms with van der Waals surface area (Å²) < 4.78 is 5.21. The van der Waals surface area contributed by atoms with Crippen LogP contribution in [0.3, 0.4) is 0 Å². The van der Waals surface area contributed by atoms with Crippen LogP contribution >= 0.6 is 11.8 Å². The largest absolute Gasteiger partial charge is 0.384 e. The highest BCUT2D eigenvalue weighted by Crippen LogP contribution is 2.64. The number of allylic oxidation sites excluding steroid dienone is 3. The molecule has 0 amide bonds. The Bertz CT molecular complexity index is 3790. The molecule has 4 atom stereocenters. The quantitative estimate of drug-likeness (QED) is 0.176. The van der Waals surface area contributed by atoms with Crippen LogP contribution in [0.15, 0.2) is 211 Å². The van der Waals surface area contributed by atoms with Crippen LogP contribution in [0.25, 0.3) is 60.2 Å². The van der Waals surface area contributed by atoms with Crippen molar-refractivity contribution in [3.05, 3.63) is 245 Å². The molecule has 0 bridgehead atoms. The maximum atomic E-state index is 2.64. The summed E-state index contributed by atoms with van der Waals surface area (Å²) >= 11 is 2.05. The maximum absolute atomic E-state index is 2.64. The summed E-state index contributed by atoms with van der Waals surface area (Å²) in [6.45, 7) is 0. The van der Waals surface area contributed by atoms with Crippen LogP contribution in [-0.2, 0) is 5.41 Å². The van der Waals surface area contributed by atoms with Gasteiger partial charge in [0.15, 0.2) is 0 Å². The summed E-state index contributed by atoms with van der Waals surface area (Å²) in [5, 5.41) is 10.6. The summed E-state index contributed by atoms with van der Waals surface area (Å²) in [4.78, 5) is 1.44. The Balaban J connectivity index is 1.04. The van der Waals surface area contributed by atoms with Crippen molar-refractivity contribution < 1.29 is 9.89 Å². The van der Waals surface area contributed by atoms with E-state index in [0.29, 0.717) is 11.2 Å². The van der Waals surface area contributed by atoms with Crippen molar-refractivity contribution in [1.82, 2.24) is 4.57 Å². The average molecular weight is 822 g/mol. The van der Waals surface area contributed by atoms with Gasteiger partial charge < -0.3 is 4.57 Å². The van der Waals surface area contributed by atoms with E-state index in [-0.39, 0.29) is 6.17 Å². The van der Waals surface area contributed by atoms with Gasteiger partial charge in [-0.15, -0.1) is 11.8 Å². The van der Waals surface area contributed by atoms with E-state index < -0.39 is 5.41 Å². The molecule has 63 heavy (non-hydrogen) atoms. The minimum atomic E-state index is -0.552. The van der Waals surface area contributed by atoms with Crippen LogP contribution < -0.4 is 5.32 Å². The van der Waals surface area contributed by atoms with Gasteiger partial charge in [0.1, 0.15) is 5.56 Å². The molecule has 0 saturated heterocycles. The Morgan fingerprint density at radius 3 is 2.16 bits per heavy atom. The van der Waals surface area contributed by atoms with Crippen molar-refractivity contribution in [3.63, 3.8) is 0 Å². The second kappa shape index (κ2) is 12.4. The molecule has 9 aromatic carbocycles. The standard InChI is InChI=1S/C59H37N3S/c1-3-15-37-31-39(27-25-35(37)13-1)57-60-58(40-28-26-36-14-2-4-16-38(36)32-40)61(57)41-29-30-43-42-17-5-8-20-47(42)59(49(43)33-41)48-21-9-11-23-52(48)62-51-22-10-6-19-45(51)54-55(62)50(59)34-46-44-18-7-12-24-53(44)63-56(46)54/h1-34,44,53,57H/p+2. The number of rotatable bonds is 3. The summed E-state index contributed by atoms with van der Waals surface area (Å²) in [6, 6.07) is 69.1. The fourth-order valence-corrected chi connectivity index (χ4v) is 13.7. The third-order valence-corrected chi connectivity index (χ3v) is 16.3. The zero-order valence-corrected chi connectivity index (χ0v) is 35.1. The van der Waals surface area contributed by atoms with Crippen LogP contribution in [0.5, 0.6) is 0 Å². The van der Waals surface area contributed by atoms with E-state index in [1.807, 2.05) is 0 Å². The normalized spacial score (nSPS) is 20.9. The molecule has 0 fully saturated rings. The highest BCUT2D eigenvalue weighted by atomic mass is 32.2. The first-order valence-corrected chi connectivity index (χ1v) is 23.1. The molecule has 2 N–H and O–H groups in total. The van der Waals surface area contributed by atoms with E-state index in [2.05, 4.69) is 233 Å². The van der Waals surface area contributed by atoms with E-state index in [1.54, 1.807) is 0 Å². The molecule has 10 aromatic rings. The van der Waals surface area contributed by atoms with Gasteiger partial charge in [0.25, 0.3) is 0 Å². The average Bonchev–Trinajstić information content (AvgIpc) is 3.97. The number of fused-ring (bicyclic) bond motifs is 18. The monoisotopic (exact) mass is 821 g/mol. The van der Waals surface area contributed by atoms with Gasteiger partial charge in [-0.05, 0) is 103 Å². The summed E-state index contributed by atoms with van der Waals surface area (Å²) in [7, 11) is 0. The van der Waals surface area contributed by atoms with Crippen molar-refractivity contribution in [1.29, 1.82) is 0 Å². The van der Waals surface area contributed by atoms with Crippen molar-refractivity contribution in [2.24, 2.45) is 0 Å². The number of quaternary nitrogens is 1. The lowest BCUT2D eigenvalue weighted by atomic mass is 9.64. The summed E-state index contributed by atoms with van der Waals surface area (Å²) in [5.74, 6) is 1.57. The van der Waals surface area contributed by atoms with Crippen molar-refractivity contribution in [3.8, 4) is 16.8 Å². The van der Waals surface area contributed by atoms with Crippen molar-refractivity contribution >= 4 is 66.6 Å². The van der Waals surface area contributed by atoms with Gasteiger partial charge >= 0.3 is 12.0 Å². The molecule has 15 rings (SSSR count). The molecule has 1 aromatic heterocycles. The number of amidine groups is 1. The molecule has 294 valence electrons. The summed E-state index contributed by atoms with van der Waals surface area (Å²) in [5.41, 5.74) is 16.6. The van der Waals surface area contributed by atoms with E-state index >= 15 is 0 Å². The first-order chi connectivity index (χ1) is 31.2. The Kier molecular flexibility index (Phi) is 6.79. The second-order valence-corrected chi connectivity index (χ2v) is 19.1. The minimum Gasteiger partial charge on any atom is -0.309 e. The lowest BCUT2D eigenvalue weighted by Gasteiger charge is -2.40. The Morgan fingerprint density at radius 2 is 1.27 bits per heavy atom. The smallest absolute Gasteiger partial charge is 0.309 e. The Hall–Kier alpha value is -7.24. The molecule has 0 radical (unpaired) electrons. The van der Waals surface area contributed by atoms with Crippen LogP contribution in [0.1, 0.15) is 51.0 Å². The van der Waals surface area contributed by atoms with Gasteiger partial charge in [0.2, 0.25) is 5.69 Å². The topological polar surface area (TPSA) is 24.5 Å². The third-order valence-electron chi connectivity index (χ3n) is 14.9. The number of hydrogen-bond acceptors (Lipinski definition) is 1. The van der Waals surface area contributed by atoms with Crippen LogP contribution in [0.4, 0.5) is 5.69 Å². The SMILES string of the molecule is C1=CC2Sc3c(cc4c5c3c3ccccc3n5-c3ccccc3C43c4ccccc4-c4ccc([N+]5=C(c6ccc7ccccc7c6)[NH2+]C5c5ccc6ccccc6c5)cc43)C2C=C1. The molecular formula is C59H39N3S+2. The third kappa shape index (κ3) is 4.42. The molecule has 3 nitrogen and oxygen atoms in total. The molecule has 5 aliphatic rings. The van der Waals surface area contributed by atoms with E-state index in [1.165, 1.54) is 116 Å². The molecule has 3 aliphatic heterocycles. The molecular weight excluding hydrogens is 783 g/mol. The van der Waals surface area contributed by atoms with Gasteiger partial charge in [-0.2, -0.15) is 5.32 Å². The predicted octanol–water partition coefficient (Wildman–Crippen LogP) is 12.8. The molecule has 4 heterocycles. The highest BCUT2D eigenvalue weighted by molar-refractivity contribution is 8.00. The zero-order chi connectivity index (χ0) is 41.0. The van der Waals surface area contributed by atoms with Gasteiger partial charge in [0, 0.05) is 39.0 Å². The van der Waals surface area contributed by atoms with Gasteiger partial charge in [-0.25, -0.2) is 0 Å². The van der Waals surface area contributed by atoms with E-state index in [4.69, 9.17) is 0 Å². The molecule has 1 spiro atoms. The van der Waals surface area contributed by atoms with Gasteiger partial charge in [0.05, 0.1) is 27.7 Å². The highest BCUT2D eigenvalue weighted by Gasteiger charge is 2.54. The number of nitrogens with two attached hydrogens (primary N) is 1. The number of benzene rings is 9. The number of thioether (sulfide) groups is 1. The maximum Gasteiger partial charge on any atom is 0.384 e. The number of hydrogen-bond donors (Lipinski definition) is 1. The van der Waals surface area contributed by atoms with Crippen molar-refractivity contribution in [2.75, 3.05) is 0 Å². The van der Waals surface area contributed by atoms with Crippen LogP contribution in [0.2, 0.25) is 0 Å². The Morgan fingerprint density at radius 1 is 0.556 bits per heavy atom. The van der Waals surface area contributed by atoms with Crippen molar-refractivity contribution in [2.45, 2.75) is 27.6 Å². The van der Waals surface area contributed by atoms with E-state index in [9.17, 15) is 0 Å². The second-order valence-electron chi connectivity index (χ2n) is 17.9. The van der Waals surface area contributed by atoms with Gasteiger partial charge in [-0.1, -0.05) is 156 Å². The number of nitrogens with zero attached hydrogens (tertiary/aromatic N) is 2.